The van der Waals surface area contributed by atoms with Gasteiger partial charge in [0.2, 0.25) is 0 Å². The molecule has 0 aromatic rings. The van der Waals surface area contributed by atoms with Crippen LogP contribution in [0.5, 0.6) is 0 Å². The first kappa shape index (κ1) is 28.0. The van der Waals surface area contributed by atoms with Gasteiger partial charge >= 0.3 is 17.9 Å². The standard InChI is InChI=1S/C27H40O10/c1-6-15(2)23(32)37-22-21(31)25(5,33)24(4,18-8-7-9-26(14-35-26)27(18,22)13-28)19(36-16(3)29)10-17-11-20(30)34-12-17/h11,15,18-19,21-22,28,31,33H,6-10,12-14H2,1-5H3/t15?,18-,19+,21+,22+,24+,25+,26+,27+/m1/s1. The maximum atomic E-state index is 13.0. The molecule has 37 heavy (non-hydrogen) atoms. The summed E-state index contributed by atoms with van der Waals surface area (Å²) in [6.07, 6.45) is -0.0811. The third-order valence-electron chi connectivity index (χ3n) is 9.89. The maximum absolute atomic E-state index is 13.0. The molecule has 2 aliphatic carbocycles. The van der Waals surface area contributed by atoms with E-state index >= 15 is 0 Å². The number of ether oxygens (including phenoxy) is 4. The summed E-state index contributed by atoms with van der Waals surface area (Å²) >= 11 is 0. The minimum atomic E-state index is -1.92. The van der Waals surface area contributed by atoms with Gasteiger partial charge in [0.1, 0.15) is 36.1 Å². The van der Waals surface area contributed by atoms with E-state index in [0.29, 0.717) is 37.9 Å². The molecule has 1 unspecified atom stereocenters. The Morgan fingerprint density at radius 1 is 1.30 bits per heavy atom. The maximum Gasteiger partial charge on any atom is 0.331 e. The van der Waals surface area contributed by atoms with Gasteiger partial charge in [-0.25, -0.2) is 4.79 Å². The lowest BCUT2D eigenvalue weighted by Gasteiger charge is -2.67. The van der Waals surface area contributed by atoms with Crippen molar-refractivity contribution in [2.75, 3.05) is 19.8 Å². The fourth-order valence-electron chi connectivity index (χ4n) is 7.26. The Balaban J connectivity index is 1.87. The normalized spacial score (nSPS) is 42.3. The molecule has 2 aliphatic heterocycles. The lowest BCUT2D eigenvalue weighted by Crippen LogP contribution is -2.79. The number of rotatable bonds is 8. The number of carbonyl (C=O) groups excluding carboxylic acids is 3. The fraction of sp³-hybridized carbons (Fsp3) is 0.815. The van der Waals surface area contributed by atoms with Gasteiger partial charge in [-0.1, -0.05) is 27.2 Å². The number of epoxide rings is 1. The number of aliphatic hydroxyl groups is 3. The predicted octanol–water partition coefficient (Wildman–Crippen LogP) is 1.43. The quantitative estimate of drug-likeness (QED) is 0.241. The van der Waals surface area contributed by atoms with Crippen LogP contribution in [0.25, 0.3) is 0 Å². The molecule has 0 amide bonds. The van der Waals surface area contributed by atoms with E-state index in [0.717, 1.165) is 0 Å². The summed E-state index contributed by atoms with van der Waals surface area (Å²) in [4.78, 5) is 37.1. The third kappa shape index (κ3) is 4.11. The van der Waals surface area contributed by atoms with Crippen LogP contribution in [-0.2, 0) is 33.3 Å². The Morgan fingerprint density at radius 2 is 1.97 bits per heavy atom. The monoisotopic (exact) mass is 524 g/mol. The number of hydrogen-bond donors (Lipinski definition) is 3. The summed E-state index contributed by atoms with van der Waals surface area (Å²) in [6, 6.07) is 0. The number of fused-ring (bicyclic) bond motifs is 2. The SMILES string of the molecule is CCC(C)C(=O)O[C@H]1[C@H](O)[C@](C)(O)[C@](C)([C@H](CC2=CC(=O)OC2)OC(C)=O)[C@H]2CCC[C@]3(CO3)[C@@]21CO. The van der Waals surface area contributed by atoms with E-state index in [9.17, 15) is 29.7 Å². The minimum Gasteiger partial charge on any atom is -0.462 e. The van der Waals surface area contributed by atoms with Crippen LogP contribution in [0.1, 0.15) is 66.7 Å². The molecule has 10 heteroatoms. The first-order valence-corrected chi connectivity index (χ1v) is 13.2. The van der Waals surface area contributed by atoms with Gasteiger partial charge in [0.25, 0.3) is 0 Å². The van der Waals surface area contributed by atoms with Crippen molar-refractivity contribution < 1.29 is 48.7 Å². The van der Waals surface area contributed by atoms with E-state index in [1.54, 1.807) is 13.8 Å². The zero-order valence-corrected chi connectivity index (χ0v) is 22.3. The van der Waals surface area contributed by atoms with Gasteiger partial charge in [0.05, 0.1) is 24.5 Å². The summed E-state index contributed by atoms with van der Waals surface area (Å²) in [5, 5.41) is 35.0. The van der Waals surface area contributed by atoms with Crippen LogP contribution in [0.2, 0.25) is 0 Å². The molecule has 2 heterocycles. The van der Waals surface area contributed by atoms with Crippen LogP contribution in [0, 0.1) is 22.7 Å². The van der Waals surface area contributed by atoms with Crippen LogP contribution in [-0.4, -0.2) is 82.6 Å². The number of cyclic esters (lactones) is 1. The lowest BCUT2D eigenvalue weighted by atomic mass is 9.40. The Kier molecular flexibility index (Phi) is 7.29. The van der Waals surface area contributed by atoms with Gasteiger partial charge in [-0.15, -0.1) is 0 Å². The molecule has 0 aromatic carbocycles. The van der Waals surface area contributed by atoms with Crippen LogP contribution in [0.4, 0.5) is 0 Å². The van der Waals surface area contributed by atoms with Gasteiger partial charge < -0.3 is 34.3 Å². The van der Waals surface area contributed by atoms with Crippen molar-refractivity contribution in [3.05, 3.63) is 11.6 Å². The molecule has 0 radical (unpaired) electrons. The summed E-state index contributed by atoms with van der Waals surface area (Å²) in [5.74, 6) is -2.63. The van der Waals surface area contributed by atoms with Crippen molar-refractivity contribution in [2.24, 2.45) is 22.7 Å². The Labute approximate surface area is 217 Å². The molecule has 1 spiro atoms. The molecule has 1 saturated heterocycles. The molecule has 0 aromatic heterocycles. The largest absolute Gasteiger partial charge is 0.462 e. The smallest absolute Gasteiger partial charge is 0.331 e. The van der Waals surface area contributed by atoms with Gasteiger partial charge in [0.15, 0.2) is 0 Å². The van der Waals surface area contributed by atoms with Crippen LogP contribution < -0.4 is 0 Å². The molecule has 2 saturated carbocycles. The average molecular weight is 525 g/mol. The second-order valence-corrected chi connectivity index (χ2v) is 11.7. The van der Waals surface area contributed by atoms with Crippen molar-refractivity contribution in [2.45, 2.75) is 96.2 Å². The molecule has 3 N–H and O–H groups in total. The van der Waals surface area contributed by atoms with Crippen molar-refractivity contribution in [3.8, 4) is 0 Å². The Bertz CT molecular complexity index is 968. The lowest BCUT2D eigenvalue weighted by molar-refractivity contribution is -0.326. The van der Waals surface area contributed by atoms with E-state index in [2.05, 4.69) is 0 Å². The zero-order chi connectivity index (χ0) is 27.4. The molecule has 9 atom stereocenters. The first-order valence-electron chi connectivity index (χ1n) is 13.2. The highest BCUT2D eigenvalue weighted by Gasteiger charge is 2.80. The molecule has 0 bridgehead atoms. The highest BCUT2D eigenvalue weighted by Crippen LogP contribution is 2.70. The number of esters is 3. The predicted molar refractivity (Wildman–Crippen MR) is 129 cm³/mol. The number of carbonyl (C=O) groups is 3. The fourth-order valence-corrected chi connectivity index (χ4v) is 7.26. The third-order valence-corrected chi connectivity index (χ3v) is 9.89. The van der Waals surface area contributed by atoms with Crippen LogP contribution in [0.15, 0.2) is 11.6 Å². The zero-order valence-electron chi connectivity index (χ0n) is 22.3. The number of aliphatic hydroxyl groups excluding tert-OH is 2. The average Bonchev–Trinajstić information content (AvgIpc) is 3.51. The van der Waals surface area contributed by atoms with Gasteiger partial charge in [-0.2, -0.15) is 0 Å². The second kappa shape index (κ2) is 9.63. The molecule has 3 fully saturated rings. The van der Waals surface area contributed by atoms with Crippen LogP contribution in [0.3, 0.4) is 0 Å². The van der Waals surface area contributed by atoms with Crippen molar-refractivity contribution in [1.29, 1.82) is 0 Å². The summed E-state index contributed by atoms with van der Waals surface area (Å²) < 4.78 is 22.8. The molecule has 208 valence electrons. The molecular formula is C27H40O10. The van der Waals surface area contributed by atoms with E-state index in [1.807, 2.05) is 6.92 Å². The van der Waals surface area contributed by atoms with Gasteiger partial charge in [-0.3, -0.25) is 9.59 Å². The van der Waals surface area contributed by atoms with Gasteiger partial charge in [-0.05, 0) is 37.7 Å². The highest BCUT2D eigenvalue weighted by atomic mass is 16.6. The van der Waals surface area contributed by atoms with E-state index < -0.39 is 76.7 Å². The minimum absolute atomic E-state index is 0.0371. The van der Waals surface area contributed by atoms with Crippen molar-refractivity contribution >= 4 is 17.9 Å². The molecule has 4 aliphatic rings. The van der Waals surface area contributed by atoms with E-state index in [-0.39, 0.29) is 13.0 Å². The second-order valence-electron chi connectivity index (χ2n) is 11.7. The van der Waals surface area contributed by atoms with E-state index in [4.69, 9.17) is 18.9 Å². The number of hydrogen-bond acceptors (Lipinski definition) is 10. The van der Waals surface area contributed by atoms with E-state index in [1.165, 1.54) is 19.9 Å². The van der Waals surface area contributed by atoms with Gasteiger partial charge in [0, 0.05) is 24.8 Å². The van der Waals surface area contributed by atoms with Crippen molar-refractivity contribution in [3.63, 3.8) is 0 Å². The summed E-state index contributed by atoms with van der Waals surface area (Å²) in [5.41, 5.74) is -4.76. The topological polar surface area (TPSA) is 152 Å². The Hall–Kier alpha value is -2.01. The molecular weight excluding hydrogens is 484 g/mol. The summed E-state index contributed by atoms with van der Waals surface area (Å²) in [6.45, 7) is 7.93. The molecule has 10 nitrogen and oxygen atoms in total. The highest BCUT2D eigenvalue weighted by molar-refractivity contribution is 5.85. The van der Waals surface area contributed by atoms with Crippen molar-refractivity contribution in [1.82, 2.24) is 0 Å². The Morgan fingerprint density at radius 3 is 2.49 bits per heavy atom. The summed E-state index contributed by atoms with van der Waals surface area (Å²) in [7, 11) is 0. The van der Waals surface area contributed by atoms with Crippen LogP contribution >= 0.6 is 0 Å². The first-order chi connectivity index (χ1) is 17.3. The molecule has 4 rings (SSSR count).